The van der Waals surface area contributed by atoms with Gasteiger partial charge in [-0.3, -0.25) is 9.59 Å². The molecule has 0 bridgehead atoms. The fourth-order valence-electron chi connectivity index (χ4n) is 1.89. The number of carbonyl (C=O) groups is 1. The second kappa shape index (κ2) is 7.03. The summed E-state index contributed by atoms with van der Waals surface area (Å²) in [6, 6.07) is 10.6. The molecule has 0 unspecified atom stereocenters. The maximum atomic E-state index is 12.3. The molecule has 0 radical (unpaired) electrons. The number of rotatable bonds is 3. The zero-order chi connectivity index (χ0) is 16.3. The van der Waals surface area contributed by atoms with Gasteiger partial charge in [0.25, 0.3) is 0 Å². The van der Waals surface area contributed by atoms with E-state index >= 15 is 0 Å². The lowest BCUT2D eigenvalue weighted by atomic mass is 10.1. The maximum absolute atomic E-state index is 12.3. The van der Waals surface area contributed by atoms with E-state index in [1.807, 2.05) is 31.2 Å². The normalized spacial score (nSPS) is 10.9. The van der Waals surface area contributed by atoms with Gasteiger partial charge in [-0.05, 0) is 46.6 Å². The third-order valence-corrected chi connectivity index (χ3v) is 4.02. The zero-order valence-corrected chi connectivity index (χ0v) is 14.8. The van der Waals surface area contributed by atoms with Crippen molar-refractivity contribution in [3.8, 4) is 5.75 Å². The average Bonchev–Trinajstić information content (AvgIpc) is 2.57. The Balaban J connectivity index is 2.43. The number of aryl methyl sites for hydroxylation is 1. The number of ketones is 1. The SMILES string of the molecule is Cc1cccc(C=CC(=O)c2cc(Br)cc(Br)c(=O)c2O)c1. The Bertz CT molecular complexity index is 826. The second-order valence-electron chi connectivity index (χ2n) is 4.72. The lowest BCUT2D eigenvalue weighted by Crippen LogP contribution is -2.03. The second-order valence-corrected chi connectivity index (χ2v) is 6.49. The number of benzene rings is 1. The van der Waals surface area contributed by atoms with Crippen molar-refractivity contribution in [3.05, 3.63) is 78.3 Å². The van der Waals surface area contributed by atoms with Crippen molar-refractivity contribution in [2.45, 2.75) is 6.92 Å². The molecule has 22 heavy (non-hydrogen) atoms. The highest BCUT2D eigenvalue weighted by Gasteiger charge is 2.13. The topological polar surface area (TPSA) is 54.4 Å². The maximum Gasteiger partial charge on any atom is 0.235 e. The lowest BCUT2D eigenvalue weighted by Gasteiger charge is -1.97. The van der Waals surface area contributed by atoms with Gasteiger partial charge in [-0.25, -0.2) is 0 Å². The smallest absolute Gasteiger partial charge is 0.235 e. The number of halogens is 2. The third kappa shape index (κ3) is 3.93. The summed E-state index contributed by atoms with van der Waals surface area (Å²) in [4.78, 5) is 24.1. The fraction of sp³-hybridized carbons (Fsp3) is 0.0588. The van der Waals surface area contributed by atoms with Gasteiger partial charge in [0.15, 0.2) is 11.5 Å². The summed E-state index contributed by atoms with van der Waals surface area (Å²) in [5.74, 6) is -1.02. The molecule has 2 aromatic rings. The molecule has 0 fully saturated rings. The van der Waals surface area contributed by atoms with Crippen LogP contribution in [0.2, 0.25) is 0 Å². The Labute approximate surface area is 144 Å². The molecule has 1 N–H and O–H groups in total. The van der Waals surface area contributed by atoms with Crippen LogP contribution in [0, 0.1) is 6.92 Å². The van der Waals surface area contributed by atoms with Gasteiger partial charge in [0.1, 0.15) is 0 Å². The molecule has 2 aromatic carbocycles. The number of allylic oxidation sites excluding steroid dienone is 1. The summed E-state index contributed by atoms with van der Waals surface area (Å²) in [5.41, 5.74) is 1.28. The van der Waals surface area contributed by atoms with Crippen molar-refractivity contribution < 1.29 is 9.90 Å². The Morgan fingerprint density at radius 3 is 2.59 bits per heavy atom. The average molecular weight is 424 g/mol. The molecule has 3 nitrogen and oxygen atoms in total. The molecule has 0 aliphatic carbocycles. The molecule has 5 heteroatoms. The van der Waals surface area contributed by atoms with Gasteiger partial charge in [-0.15, -0.1) is 0 Å². The van der Waals surface area contributed by atoms with Gasteiger partial charge < -0.3 is 5.11 Å². The van der Waals surface area contributed by atoms with Crippen LogP contribution in [0.15, 0.2) is 56.2 Å². The molecule has 0 atom stereocenters. The van der Waals surface area contributed by atoms with Crippen molar-refractivity contribution in [2.24, 2.45) is 0 Å². The van der Waals surface area contributed by atoms with Crippen LogP contribution in [0.1, 0.15) is 21.5 Å². The van der Waals surface area contributed by atoms with E-state index in [2.05, 4.69) is 31.9 Å². The highest BCUT2D eigenvalue weighted by atomic mass is 79.9. The van der Waals surface area contributed by atoms with E-state index in [-0.39, 0.29) is 10.0 Å². The number of aromatic hydroxyl groups is 1. The van der Waals surface area contributed by atoms with Crippen molar-refractivity contribution >= 4 is 43.7 Å². The monoisotopic (exact) mass is 422 g/mol. The molecule has 0 saturated carbocycles. The van der Waals surface area contributed by atoms with Crippen molar-refractivity contribution in [1.29, 1.82) is 0 Å². The predicted molar refractivity (Wildman–Crippen MR) is 94.3 cm³/mol. The number of carbonyl (C=O) groups excluding carboxylic acids is 1. The molecule has 0 aromatic heterocycles. The van der Waals surface area contributed by atoms with Gasteiger partial charge in [-0.1, -0.05) is 51.8 Å². The fourth-order valence-corrected chi connectivity index (χ4v) is 3.09. The van der Waals surface area contributed by atoms with Crippen molar-refractivity contribution in [1.82, 2.24) is 0 Å². The first-order valence-corrected chi connectivity index (χ1v) is 7.98. The van der Waals surface area contributed by atoms with Gasteiger partial charge in [0.2, 0.25) is 5.43 Å². The summed E-state index contributed by atoms with van der Waals surface area (Å²) >= 11 is 6.29. The van der Waals surface area contributed by atoms with Crippen LogP contribution in [0.4, 0.5) is 0 Å². The molecule has 0 amide bonds. The van der Waals surface area contributed by atoms with Gasteiger partial charge >= 0.3 is 0 Å². The summed E-state index contributed by atoms with van der Waals surface area (Å²) in [7, 11) is 0. The predicted octanol–water partition coefficient (Wildman–Crippen LogP) is 4.48. The van der Waals surface area contributed by atoms with E-state index in [1.165, 1.54) is 18.2 Å². The Kier molecular flexibility index (Phi) is 5.32. The highest BCUT2D eigenvalue weighted by molar-refractivity contribution is 9.11. The van der Waals surface area contributed by atoms with Gasteiger partial charge in [0.05, 0.1) is 10.0 Å². The van der Waals surface area contributed by atoms with Crippen LogP contribution in [0.25, 0.3) is 6.08 Å². The van der Waals surface area contributed by atoms with E-state index in [0.717, 1.165) is 11.1 Å². The summed E-state index contributed by atoms with van der Waals surface area (Å²) < 4.78 is 0.697. The lowest BCUT2D eigenvalue weighted by molar-refractivity contribution is 0.104. The van der Waals surface area contributed by atoms with Crippen molar-refractivity contribution in [3.63, 3.8) is 0 Å². The molecule has 2 rings (SSSR count). The van der Waals surface area contributed by atoms with Crippen LogP contribution in [0.5, 0.6) is 5.75 Å². The first kappa shape index (κ1) is 16.6. The van der Waals surface area contributed by atoms with E-state index < -0.39 is 17.0 Å². The number of hydrogen-bond acceptors (Lipinski definition) is 3. The Morgan fingerprint density at radius 1 is 1.18 bits per heavy atom. The molecule has 112 valence electrons. The van der Waals surface area contributed by atoms with Crippen LogP contribution in [-0.2, 0) is 0 Å². The van der Waals surface area contributed by atoms with E-state index in [1.54, 1.807) is 6.08 Å². The minimum Gasteiger partial charge on any atom is -0.504 e. The quantitative estimate of drug-likeness (QED) is 0.584. The number of hydrogen-bond donors (Lipinski definition) is 1. The Morgan fingerprint density at radius 2 is 1.91 bits per heavy atom. The van der Waals surface area contributed by atoms with Crippen LogP contribution in [0.3, 0.4) is 0 Å². The van der Waals surface area contributed by atoms with Gasteiger partial charge in [-0.2, -0.15) is 0 Å². The van der Waals surface area contributed by atoms with Crippen LogP contribution < -0.4 is 5.43 Å². The zero-order valence-electron chi connectivity index (χ0n) is 11.6. The first-order valence-electron chi connectivity index (χ1n) is 6.40. The molecule has 0 spiro atoms. The van der Waals surface area contributed by atoms with Crippen LogP contribution in [-0.4, -0.2) is 10.9 Å². The van der Waals surface area contributed by atoms with Crippen LogP contribution >= 0.6 is 31.9 Å². The first-order chi connectivity index (χ1) is 10.4. The third-order valence-electron chi connectivity index (χ3n) is 2.97. The minimum absolute atomic E-state index is 0.0496. The van der Waals surface area contributed by atoms with E-state index in [9.17, 15) is 14.7 Å². The summed E-state index contributed by atoms with van der Waals surface area (Å²) in [6.07, 6.45) is 2.98. The summed E-state index contributed by atoms with van der Waals surface area (Å²) in [6.45, 7) is 1.96. The molecule has 0 saturated heterocycles. The van der Waals surface area contributed by atoms with E-state index in [0.29, 0.717) is 4.47 Å². The molecule has 0 aliphatic heterocycles. The standard InChI is InChI=1S/C17H12Br2O3/c1-10-3-2-4-11(7-10)5-6-15(20)13-8-12(18)9-14(19)17(22)16(13)21/h2-9H,1H3,(H,21,22). The largest absolute Gasteiger partial charge is 0.504 e. The summed E-state index contributed by atoms with van der Waals surface area (Å²) in [5, 5.41) is 9.96. The Hall–Kier alpha value is -1.72. The van der Waals surface area contributed by atoms with Gasteiger partial charge in [0, 0.05) is 4.47 Å². The molecule has 0 heterocycles. The molecular formula is C17H12Br2O3. The highest BCUT2D eigenvalue weighted by Crippen LogP contribution is 2.21. The molecular weight excluding hydrogens is 412 g/mol. The van der Waals surface area contributed by atoms with E-state index in [4.69, 9.17) is 0 Å². The van der Waals surface area contributed by atoms with Crippen molar-refractivity contribution in [2.75, 3.05) is 0 Å². The minimum atomic E-state index is -0.627. The molecule has 0 aliphatic rings.